The van der Waals surface area contributed by atoms with E-state index in [1.807, 2.05) is 0 Å². The van der Waals surface area contributed by atoms with Gasteiger partial charge < -0.3 is 9.80 Å². The van der Waals surface area contributed by atoms with Gasteiger partial charge in [-0.05, 0) is 12.8 Å². The summed E-state index contributed by atoms with van der Waals surface area (Å²) in [6.07, 6.45) is 2.19. The normalized spacial score (nSPS) is 21.8. The molecule has 0 amide bonds. The van der Waals surface area contributed by atoms with Gasteiger partial charge in [0.05, 0.1) is 0 Å². The Labute approximate surface area is 133 Å². The second-order valence-electron chi connectivity index (χ2n) is 5.62. The molecule has 2 nitrogen and oxygen atoms in total. The van der Waals surface area contributed by atoms with E-state index in [0.29, 0.717) is 0 Å². The maximum atomic E-state index is 4.25. The summed E-state index contributed by atoms with van der Waals surface area (Å²) >= 11 is 4.15. The molecule has 0 aromatic carbocycles. The minimum atomic E-state index is 1.10. The van der Waals surface area contributed by atoms with Crippen molar-refractivity contribution in [3.8, 4) is 0 Å². The Kier molecular flexibility index (Phi) is 7.56. The van der Waals surface area contributed by atoms with Crippen molar-refractivity contribution in [2.24, 2.45) is 0 Å². The number of nitrogens with zero attached hydrogens (tertiary/aromatic N) is 2. The van der Waals surface area contributed by atoms with Crippen LogP contribution in [0.25, 0.3) is 0 Å². The van der Waals surface area contributed by atoms with Crippen LogP contribution in [0.1, 0.15) is 12.8 Å². The SMILES string of the molecule is C=C(CCN1CCSCC1)C(=C)CCN1CCSCC1. The third-order valence-electron chi connectivity index (χ3n) is 4.17. The number of hydrogen-bond acceptors (Lipinski definition) is 4. The summed E-state index contributed by atoms with van der Waals surface area (Å²) in [5.41, 5.74) is 2.55. The maximum absolute atomic E-state index is 4.25. The topological polar surface area (TPSA) is 6.48 Å². The molecular weight excluding hydrogens is 284 g/mol. The first-order chi connectivity index (χ1) is 9.75. The van der Waals surface area contributed by atoms with E-state index in [0.717, 1.165) is 12.8 Å². The molecule has 0 unspecified atom stereocenters. The highest BCUT2D eigenvalue weighted by molar-refractivity contribution is 7.99. The van der Waals surface area contributed by atoms with E-state index < -0.39 is 0 Å². The molecule has 0 saturated carbocycles. The van der Waals surface area contributed by atoms with Crippen molar-refractivity contribution in [2.75, 3.05) is 62.3 Å². The van der Waals surface area contributed by atoms with Crippen LogP contribution in [0.2, 0.25) is 0 Å². The summed E-state index contributed by atoms with van der Waals surface area (Å²) < 4.78 is 0. The van der Waals surface area contributed by atoms with Gasteiger partial charge in [0.1, 0.15) is 0 Å². The smallest absolute Gasteiger partial charge is 0.00728 e. The second kappa shape index (κ2) is 9.19. The third kappa shape index (κ3) is 5.84. The van der Waals surface area contributed by atoms with Crippen molar-refractivity contribution >= 4 is 23.5 Å². The van der Waals surface area contributed by atoms with E-state index in [1.54, 1.807) is 0 Å². The summed E-state index contributed by atoms with van der Waals surface area (Å²) in [6, 6.07) is 0. The van der Waals surface area contributed by atoms with E-state index in [1.165, 1.54) is 73.4 Å². The van der Waals surface area contributed by atoms with Gasteiger partial charge in [-0.3, -0.25) is 0 Å². The van der Waals surface area contributed by atoms with Crippen LogP contribution in [0.4, 0.5) is 0 Å². The lowest BCUT2D eigenvalue weighted by molar-refractivity contribution is 0.302. The number of rotatable bonds is 7. The molecule has 0 spiro atoms. The van der Waals surface area contributed by atoms with Gasteiger partial charge in [0.25, 0.3) is 0 Å². The van der Waals surface area contributed by atoms with Gasteiger partial charge in [-0.1, -0.05) is 24.3 Å². The van der Waals surface area contributed by atoms with E-state index in [4.69, 9.17) is 0 Å². The fourth-order valence-corrected chi connectivity index (χ4v) is 4.55. The van der Waals surface area contributed by atoms with Gasteiger partial charge in [-0.25, -0.2) is 0 Å². The molecule has 2 rings (SSSR count). The maximum Gasteiger partial charge on any atom is 0.00728 e. The van der Waals surface area contributed by atoms with Crippen LogP contribution in [0.5, 0.6) is 0 Å². The van der Waals surface area contributed by atoms with Gasteiger partial charge in [0, 0.05) is 62.3 Å². The van der Waals surface area contributed by atoms with Crippen LogP contribution in [-0.2, 0) is 0 Å². The van der Waals surface area contributed by atoms with Crippen molar-refractivity contribution in [3.05, 3.63) is 24.3 Å². The summed E-state index contributed by atoms with van der Waals surface area (Å²) in [5, 5.41) is 0. The molecule has 2 saturated heterocycles. The molecule has 0 aromatic rings. The lowest BCUT2D eigenvalue weighted by Gasteiger charge is -2.28. The van der Waals surface area contributed by atoms with Crippen LogP contribution >= 0.6 is 23.5 Å². The molecular formula is C16H28N2S2. The van der Waals surface area contributed by atoms with E-state index in [9.17, 15) is 0 Å². The van der Waals surface area contributed by atoms with Crippen molar-refractivity contribution in [1.82, 2.24) is 9.80 Å². The van der Waals surface area contributed by atoms with Crippen LogP contribution in [-0.4, -0.2) is 72.1 Å². The Balaban J connectivity index is 1.59. The van der Waals surface area contributed by atoms with Crippen molar-refractivity contribution in [1.29, 1.82) is 0 Å². The van der Waals surface area contributed by atoms with Crippen LogP contribution in [0.3, 0.4) is 0 Å². The summed E-state index contributed by atoms with van der Waals surface area (Å²) in [7, 11) is 0. The first-order valence-electron chi connectivity index (χ1n) is 7.72. The predicted octanol–water partition coefficient (Wildman–Crippen LogP) is 2.98. The zero-order valence-corrected chi connectivity index (χ0v) is 14.2. The summed E-state index contributed by atoms with van der Waals surface area (Å²) in [5.74, 6) is 5.17. The Morgan fingerprint density at radius 3 is 1.40 bits per heavy atom. The van der Waals surface area contributed by atoms with Crippen molar-refractivity contribution in [2.45, 2.75) is 12.8 Å². The third-order valence-corrected chi connectivity index (χ3v) is 6.05. The highest BCUT2D eigenvalue weighted by Gasteiger charge is 2.13. The Morgan fingerprint density at radius 2 is 1.05 bits per heavy atom. The Hall–Kier alpha value is 0.100. The largest absolute Gasteiger partial charge is 0.301 e. The lowest BCUT2D eigenvalue weighted by atomic mass is 10.0. The highest BCUT2D eigenvalue weighted by atomic mass is 32.2. The molecule has 0 aromatic heterocycles. The van der Waals surface area contributed by atoms with Gasteiger partial charge in [-0.15, -0.1) is 0 Å². The highest BCUT2D eigenvalue weighted by Crippen LogP contribution is 2.18. The average Bonchev–Trinajstić information content (AvgIpc) is 2.52. The first-order valence-corrected chi connectivity index (χ1v) is 10.0. The molecule has 2 aliphatic rings. The molecule has 20 heavy (non-hydrogen) atoms. The zero-order chi connectivity index (χ0) is 14.2. The fraction of sp³-hybridized carbons (Fsp3) is 0.750. The Bertz CT molecular complexity index is 286. The second-order valence-corrected chi connectivity index (χ2v) is 8.06. The Morgan fingerprint density at radius 1 is 0.700 bits per heavy atom. The molecule has 0 radical (unpaired) electrons. The predicted molar refractivity (Wildman–Crippen MR) is 95.0 cm³/mol. The van der Waals surface area contributed by atoms with Gasteiger partial charge in [0.2, 0.25) is 0 Å². The van der Waals surface area contributed by atoms with Gasteiger partial charge in [0.15, 0.2) is 0 Å². The molecule has 114 valence electrons. The molecule has 2 fully saturated rings. The minimum absolute atomic E-state index is 1.10. The van der Waals surface area contributed by atoms with Crippen LogP contribution < -0.4 is 0 Å². The number of thioether (sulfide) groups is 2. The van der Waals surface area contributed by atoms with Gasteiger partial charge >= 0.3 is 0 Å². The van der Waals surface area contributed by atoms with Crippen molar-refractivity contribution in [3.63, 3.8) is 0 Å². The van der Waals surface area contributed by atoms with E-state index in [2.05, 4.69) is 46.5 Å². The van der Waals surface area contributed by atoms with E-state index in [-0.39, 0.29) is 0 Å². The molecule has 2 aliphatic heterocycles. The van der Waals surface area contributed by atoms with Gasteiger partial charge in [-0.2, -0.15) is 23.5 Å². The molecule has 0 N–H and O–H groups in total. The average molecular weight is 313 g/mol. The molecule has 4 heteroatoms. The standard InChI is InChI=1S/C16H28N2S2/c1-15(3-5-17-7-11-19-12-8-17)16(2)4-6-18-9-13-20-14-10-18/h1-14H2. The molecule has 0 atom stereocenters. The molecule has 0 bridgehead atoms. The zero-order valence-electron chi connectivity index (χ0n) is 12.6. The minimum Gasteiger partial charge on any atom is -0.301 e. The van der Waals surface area contributed by atoms with Crippen molar-refractivity contribution < 1.29 is 0 Å². The fourth-order valence-electron chi connectivity index (χ4n) is 2.59. The first kappa shape index (κ1) is 16.5. The summed E-state index contributed by atoms with van der Waals surface area (Å²) in [4.78, 5) is 5.13. The summed E-state index contributed by atoms with van der Waals surface area (Å²) in [6.45, 7) is 15.8. The monoisotopic (exact) mass is 312 g/mol. The molecule has 0 aliphatic carbocycles. The van der Waals surface area contributed by atoms with Crippen LogP contribution in [0.15, 0.2) is 24.3 Å². The number of hydrogen-bond donors (Lipinski definition) is 0. The lowest BCUT2D eigenvalue weighted by Crippen LogP contribution is -2.34. The van der Waals surface area contributed by atoms with Crippen LogP contribution in [0, 0.1) is 0 Å². The molecule has 2 heterocycles. The quantitative estimate of drug-likeness (QED) is 0.667. The van der Waals surface area contributed by atoms with E-state index >= 15 is 0 Å².